The van der Waals surface area contributed by atoms with Gasteiger partial charge in [-0.2, -0.15) is 0 Å². The Balaban J connectivity index is 2.19. The van der Waals surface area contributed by atoms with Gasteiger partial charge in [-0.3, -0.25) is 10.1 Å². The molecule has 0 saturated heterocycles. The number of benzene rings is 2. The molecule has 0 atom stereocenters. The largest absolute Gasteiger partial charge is 0.380 e. The lowest BCUT2D eigenvalue weighted by Crippen LogP contribution is -2.03. The number of hydrogen-bond donors (Lipinski definition) is 1. The third-order valence-corrected chi connectivity index (χ3v) is 3.47. The fourth-order valence-electron chi connectivity index (χ4n) is 1.80. The Morgan fingerprint density at radius 1 is 1.26 bits per heavy atom. The number of nitro groups is 1. The zero-order valence-corrected chi connectivity index (χ0v) is 12.0. The van der Waals surface area contributed by atoms with Crippen molar-refractivity contribution >= 4 is 27.3 Å². The van der Waals surface area contributed by atoms with Gasteiger partial charge < -0.3 is 5.32 Å². The molecule has 2 aromatic carbocycles. The minimum Gasteiger partial charge on any atom is -0.380 e. The van der Waals surface area contributed by atoms with E-state index in [1.54, 1.807) is 18.2 Å². The Morgan fingerprint density at radius 3 is 2.74 bits per heavy atom. The van der Waals surface area contributed by atoms with Crippen molar-refractivity contribution in [1.82, 2.24) is 0 Å². The number of halogens is 1. The highest BCUT2D eigenvalue weighted by Crippen LogP contribution is 2.25. The Hall–Kier alpha value is -1.88. The highest BCUT2D eigenvalue weighted by atomic mass is 79.9. The number of anilines is 1. The summed E-state index contributed by atoms with van der Waals surface area (Å²) < 4.78 is 0.941. The van der Waals surface area contributed by atoms with E-state index in [0.717, 1.165) is 15.7 Å². The lowest BCUT2D eigenvalue weighted by Gasteiger charge is -2.09. The molecule has 19 heavy (non-hydrogen) atoms. The molecule has 0 fully saturated rings. The molecule has 0 aliphatic rings. The minimum atomic E-state index is -0.359. The maximum Gasteiger partial charge on any atom is 0.274 e. The maximum absolute atomic E-state index is 10.9. The van der Waals surface area contributed by atoms with Crippen LogP contribution in [0.15, 0.2) is 46.9 Å². The molecule has 1 N–H and O–H groups in total. The summed E-state index contributed by atoms with van der Waals surface area (Å²) >= 11 is 3.46. The topological polar surface area (TPSA) is 55.2 Å². The van der Waals surface area contributed by atoms with Crippen LogP contribution in [0.5, 0.6) is 0 Å². The van der Waals surface area contributed by atoms with Crippen molar-refractivity contribution in [2.75, 3.05) is 5.32 Å². The van der Waals surface area contributed by atoms with E-state index in [-0.39, 0.29) is 10.6 Å². The molecule has 0 aliphatic carbocycles. The summed E-state index contributed by atoms with van der Waals surface area (Å²) in [5.74, 6) is 0. The summed E-state index contributed by atoms with van der Waals surface area (Å²) in [6.45, 7) is 2.42. The monoisotopic (exact) mass is 320 g/mol. The third-order valence-electron chi connectivity index (χ3n) is 2.78. The van der Waals surface area contributed by atoms with E-state index >= 15 is 0 Å². The summed E-state index contributed by atoms with van der Waals surface area (Å²) in [4.78, 5) is 10.6. The van der Waals surface area contributed by atoms with Crippen LogP contribution in [0.2, 0.25) is 0 Å². The summed E-state index contributed by atoms with van der Waals surface area (Å²) in [5, 5.41) is 14.1. The number of nitro benzene ring substituents is 1. The summed E-state index contributed by atoms with van der Waals surface area (Å²) in [6, 6.07) is 12.7. The summed E-state index contributed by atoms with van der Waals surface area (Å²) in [5.41, 5.74) is 2.87. The predicted molar refractivity (Wildman–Crippen MR) is 79.3 cm³/mol. The molecule has 0 aliphatic heterocycles. The second kappa shape index (κ2) is 5.84. The molecule has 4 nitrogen and oxygen atoms in total. The first-order valence-corrected chi connectivity index (χ1v) is 6.59. The maximum atomic E-state index is 10.9. The molecule has 0 spiro atoms. The van der Waals surface area contributed by atoms with Gasteiger partial charge >= 0.3 is 0 Å². The first-order chi connectivity index (χ1) is 9.08. The van der Waals surface area contributed by atoms with Crippen LogP contribution in [-0.4, -0.2) is 4.92 Å². The highest BCUT2D eigenvalue weighted by Gasteiger charge is 2.12. The number of aryl methyl sites for hydroxylation is 1. The first-order valence-electron chi connectivity index (χ1n) is 5.80. The van der Waals surface area contributed by atoms with Crippen LogP contribution in [0.25, 0.3) is 0 Å². The summed E-state index contributed by atoms with van der Waals surface area (Å²) in [6.07, 6.45) is 0. The SMILES string of the molecule is Cc1ccc(Br)c(NCc2ccccc2[N+](=O)[O-])c1. The molecule has 98 valence electrons. The first kappa shape index (κ1) is 13.5. The molecule has 0 heterocycles. The van der Waals surface area contributed by atoms with E-state index in [1.807, 2.05) is 25.1 Å². The van der Waals surface area contributed by atoms with Crippen LogP contribution in [0, 0.1) is 17.0 Å². The van der Waals surface area contributed by atoms with Crippen LogP contribution in [0.4, 0.5) is 11.4 Å². The van der Waals surface area contributed by atoms with Crippen LogP contribution in [-0.2, 0) is 6.54 Å². The molecule has 2 aromatic rings. The number of rotatable bonds is 4. The van der Waals surface area contributed by atoms with E-state index in [9.17, 15) is 10.1 Å². The Bertz CT molecular complexity index is 614. The predicted octanol–water partition coefficient (Wildman–Crippen LogP) is 4.28. The van der Waals surface area contributed by atoms with Gasteiger partial charge in [-0.15, -0.1) is 0 Å². The molecule has 0 saturated carbocycles. The average Bonchev–Trinajstić information content (AvgIpc) is 2.40. The van der Waals surface area contributed by atoms with E-state index in [4.69, 9.17) is 0 Å². The minimum absolute atomic E-state index is 0.138. The molecule has 0 bridgehead atoms. The van der Waals surface area contributed by atoms with Crippen molar-refractivity contribution in [3.05, 3.63) is 68.2 Å². The van der Waals surface area contributed by atoms with Crippen LogP contribution in [0.1, 0.15) is 11.1 Å². The average molecular weight is 321 g/mol. The van der Waals surface area contributed by atoms with Gasteiger partial charge in [0, 0.05) is 28.3 Å². The van der Waals surface area contributed by atoms with Gasteiger partial charge in [-0.1, -0.05) is 24.3 Å². The summed E-state index contributed by atoms with van der Waals surface area (Å²) in [7, 11) is 0. The molecule has 0 amide bonds. The van der Waals surface area contributed by atoms with Crippen molar-refractivity contribution in [2.45, 2.75) is 13.5 Å². The van der Waals surface area contributed by atoms with Crippen molar-refractivity contribution < 1.29 is 4.92 Å². The number of nitrogens with one attached hydrogen (secondary N) is 1. The highest BCUT2D eigenvalue weighted by molar-refractivity contribution is 9.10. The Labute approximate surface area is 119 Å². The van der Waals surface area contributed by atoms with Gasteiger partial charge in [-0.05, 0) is 40.5 Å². The van der Waals surface area contributed by atoms with E-state index < -0.39 is 0 Å². The standard InChI is InChI=1S/C14H13BrN2O2/c1-10-6-7-12(15)13(8-10)16-9-11-4-2-3-5-14(11)17(18)19/h2-8,16H,9H2,1H3. The zero-order valence-electron chi connectivity index (χ0n) is 10.4. The Morgan fingerprint density at radius 2 is 2.00 bits per heavy atom. The van der Waals surface area contributed by atoms with Crippen molar-refractivity contribution in [2.24, 2.45) is 0 Å². The third kappa shape index (κ3) is 3.32. The lowest BCUT2D eigenvalue weighted by atomic mass is 10.1. The lowest BCUT2D eigenvalue weighted by molar-refractivity contribution is -0.385. The van der Waals surface area contributed by atoms with Gasteiger partial charge in [0.2, 0.25) is 0 Å². The number of para-hydroxylation sites is 1. The van der Waals surface area contributed by atoms with Crippen LogP contribution >= 0.6 is 15.9 Å². The van der Waals surface area contributed by atoms with Crippen molar-refractivity contribution in [3.8, 4) is 0 Å². The zero-order chi connectivity index (χ0) is 13.8. The smallest absolute Gasteiger partial charge is 0.274 e. The molecule has 2 rings (SSSR count). The molecule has 0 unspecified atom stereocenters. The number of hydrogen-bond acceptors (Lipinski definition) is 3. The van der Waals surface area contributed by atoms with Gasteiger partial charge in [-0.25, -0.2) is 0 Å². The van der Waals surface area contributed by atoms with E-state index in [1.165, 1.54) is 6.07 Å². The van der Waals surface area contributed by atoms with Gasteiger partial charge in [0.05, 0.1) is 4.92 Å². The van der Waals surface area contributed by atoms with Gasteiger partial charge in [0.25, 0.3) is 5.69 Å². The Kier molecular flexibility index (Phi) is 4.16. The normalized spacial score (nSPS) is 10.2. The second-order valence-electron chi connectivity index (χ2n) is 4.22. The second-order valence-corrected chi connectivity index (χ2v) is 5.08. The molecular formula is C14H13BrN2O2. The molecule has 5 heteroatoms. The fraction of sp³-hybridized carbons (Fsp3) is 0.143. The van der Waals surface area contributed by atoms with Crippen LogP contribution < -0.4 is 5.32 Å². The molecule has 0 radical (unpaired) electrons. The fourth-order valence-corrected chi connectivity index (χ4v) is 2.19. The van der Waals surface area contributed by atoms with Crippen molar-refractivity contribution in [1.29, 1.82) is 0 Å². The van der Waals surface area contributed by atoms with Crippen molar-refractivity contribution in [3.63, 3.8) is 0 Å². The van der Waals surface area contributed by atoms with Gasteiger partial charge in [0.1, 0.15) is 0 Å². The number of nitrogens with zero attached hydrogens (tertiary/aromatic N) is 1. The molecular weight excluding hydrogens is 308 g/mol. The molecule has 0 aromatic heterocycles. The van der Waals surface area contributed by atoms with Crippen LogP contribution in [0.3, 0.4) is 0 Å². The quantitative estimate of drug-likeness (QED) is 0.675. The van der Waals surface area contributed by atoms with E-state index in [2.05, 4.69) is 21.2 Å². The van der Waals surface area contributed by atoms with E-state index in [0.29, 0.717) is 12.1 Å². The van der Waals surface area contributed by atoms with Gasteiger partial charge in [0.15, 0.2) is 0 Å².